The normalized spacial score (nSPS) is 11.3. The number of nitro benzene ring substituents is 1. The van der Waals surface area contributed by atoms with Crippen LogP contribution in [-0.2, 0) is 10.2 Å². The Kier molecular flexibility index (Phi) is 5.07. The maximum Gasteiger partial charge on any atom is 0.314 e. The molecule has 6 heteroatoms. The molecule has 0 spiro atoms. The Labute approximate surface area is 117 Å². The first kappa shape index (κ1) is 15.9. The van der Waals surface area contributed by atoms with Crippen molar-refractivity contribution in [2.75, 3.05) is 5.73 Å². The van der Waals surface area contributed by atoms with Crippen LogP contribution in [0, 0.1) is 10.1 Å². The van der Waals surface area contributed by atoms with Crippen molar-refractivity contribution in [1.82, 2.24) is 0 Å². The van der Waals surface area contributed by atoms with Gasteiger partial charge in [0.2, 0.25) is 0 Å². The first-order valence-corrected chi connectivity index (χ1v) is 6.67. The molecule has 20 heavy (non-hydrogen) atoms. The van der Waals surface area contributed by atoms with E-state index >= 15 is 0 Å². The summed E-state index contributed by atoms with van der Waals surface area (Å²) < 4.78 is 0. The van der Waals surface area contributed by atoms with E-state index in [2.05, 4.69) is 0 Å². The smallest absolute Gasteiger partial charge is 0.314 e. The van der Waals surface area contributed by atoms with Gasteiger partial charge in [-0.25, -0.2) is 0 Å². The van der Waals surface area contributed by atoms with Crippen LogP contribution in [0.15, 0.2) is 18.2 Å². The van der Waals surface area contributed by atoms with E-state index in [0.29, 0.717) is 31.2 Å². The Morgan fingerprint density at radius 1 is 1.35 bits per heavy atom. The SMILES string of the molecule is CCCC(CCC)(C(=O)O)c1cccc([N+](=O)[O-])c1N. The quantitative estimate of drug-likeness (QED) is 0.453. The third kappa shape index (κ3) is 2.74. The molecule has 0 amide bonds. The van der Waals surface area contributed by atoms with E-state index in [1.165, 1.54) is 12.1 Å². The maximum absolute atomic E-state index is 11.8. The Hall–Kier alpha value is -2.11. The number of aliphatic carboxylic acids is 1. The molecule has 0 fully saturated rings. The van der Waals surface area contributed by atoms with Crippen LogP contribution in [0.25, 0.3) is 0 Å². The number of benzene rings is 1. The molecule has 6 nitrogen and oxygen atoms in total. The summed E-state index contributed by atoms with van der Waals surface area (Å²) in [7, 11) is 0. The molecular weight excluding hydrogens is 260 g/mol. The molecular formula is C14H20N2O4. The predicted octanol–water partition coefficient (Wildman–Crippen LogP) is 3.10. The summed E-state index contributed by atoms with van der Waals surface area (Å²) in [5.74, 6) is -0.978. The number of para-hydroxylation sites is 1. The van der Waals surface area contributed by atoms with E-state index in [4.69, 9.17) is 5.73 Å². The number of anilines is 1. The Morgan fingerprint density at radius 3 is 2.30 bits per heavy atom. The van der Waals surface area contributed by atoms with Gasteiger partial charge in [-0.05, 0) is 18.4 Å². The van der Waals surface area contributed by atoms with Crippen LogP contribution >= 0.6 is 0 Å². The van der Waals surface area contributed by atoms with Gasteiger partial charge in [-0.3, -0.25) is 14.9 Å². The van der Waals surface area contributed by atoms with Gasteiger partial charge in [0.25, 0.3) is 5.69 Å². The number of carboxylic acid groups (broad SMARTS) is 1. The van der Waals surface area contributed by atoms with Crippen molar-refractivity contribution >= 4 is 17.3 Å². The molecule has 3 N–H and O–H groups in total. The van der Waals surface area contributed by atoms with Gasteiger partial charge in [0.1, 0.15) is 5.69 Å². The molecule has 0 radical (unpaired) electrons. The van der Waals surface area contributed by atoms with Gasteiger partial charge < -0.3 is 10.8 Å². The van der Waals surface area contributed by atoms with Gasteiger partial charge in [0.05, 0.1) is 10.3 Å². The summed E-state index contributed by atoms with van der Waals surface area (Å²) in [6, 6.07) is 4.37. The largest absolute Gasteiger partial charge is 0.481 e. The van der Waals surface area contributed by atoms with Crippen molar-refractivity contribution in [3.8, 4) is 0 Å². The molecule has 0 saturated carbocycles. The molecule has 0 aliphatic heterocycles. The fraction of sp³-hybridized carbons (Fsp3) is 0.500. The average Bonchev–Trinajstić information content (AvgIpc) is 2.38. The van der Waals surface area contributed by atoms with Crippen LogP contribution in [-0.4, -0.2) is 16.0 Å². The second-order valence-electron chi connectivity index (χ2n) is 4.88. The number of nitrogens with zero attached hydrogens (tertiary/aromatic N) is 1. The van der Waals surface area contributed by atoms with Gasteiger partial charge >= 0.3 is 5.97 Å². The van der Waals surface area contributed by atoms with E-state index in [0.717, 1.165) is 0 Å². The summed E-state index contributed by atoms with van der Waals surface area (Å²) in [6.45, 7) is 3.78. The van der Waals surface area contributed by atoms with Crippen molar-refractivity contribution in [2.24, 2.45) is 0 Å². The van der Waals surface area contributed by atoms with Crippen molar-refractivity contribution < 1.29 is 14.8 Å². The van der Waals surface area contributed by atoms with Crippen LogP contribution in [0.5, 0.6) is 0 Å². The molecule has 0 aliphatic rings. The van der Waals surface area contributed by atoms with Crippen molar-refractivity contribution in [1.29, 1.82) is 0 Å². The first-order valence-electron chi connectivity index (χ1n) is 6.67. The zero-order chi connectivity index (χ0) is 15.3. The molecule has 1 rings (SSSR count). The van der Waals surface area contributed by atoms with Crippen LogP contribution in [0.4, 0.5) is 11.4 Å². The highest BCUT2D eigenvalue weighted by molar-refractivity contribution is 5.85. The molecule has 0 aliphatic carbocycles. The number of nitrogens with two attached hydrogens (primary N) is 1. The van der Waals surface area contributed by atoms with Gasteiger partial charge in [-0.1, -0.05) is 38.8 Å². The number of nitro groups is 1. The zero-order valence-electron chi connectivity index (χ0n) is 11.8. The van der Waals surface area contributed by atoms with Crippen LogP contribution in [0.3, 0.4) is 0 Å². The lowest BCUT2D eigenvalue weighted by Gasteiger charge is -2.30. The summed E-state index contributed by atoms with van der Waals surface area (Å²) in [5, 5.41) is 20.6. The van der Waals surface area contributed by atoms with Gasteiger partial charge in [-0.15, -0.1) is 0 Å². The second kappa shape index (κ2) is 6.36. The molecule has 0 unspecified atom stereocenters. The van der Waals surface area contributed by atoms with E-state index < -0.39 is 16.3 Å². The van der Waals surface area contributed by atoms with E-state index in [1.807, 2.05) is 13.8 Å². The van der Waals surface area contributed by atoms with Crippen LogP contribution in [0.1, 0.15) is 45.1 Å². The minimum atomic E-state index is -1.15. The lowest BCUT2D eigenvalue weighted by atomic mass is 9.72. The Morgan fingerprint density at radius 2 is 1.90 bits per heavy atom. The third-order valence-electron chi connectivity index (χ3n) is 3.56. The fourth-order valence-corrected chi connectivity index (χ4v) is 2.71. The molecule has 0 aromatic heterocycles. The summed E-state index contributed by atoms with van der Waals surface area (Å²) in [6.07, 6.45) is 2.13. The Bertz CT molecular complexity index is 508. The van der Waals surface area contributed by atoms with Crippen molar-refractivity contribution in [3.05, 3.63) is 33.9 Å². The molecule has 0 atom stereocenters. The molecule has 0 saturated heterocycles. The molecule has 1 aromatic rings. The third-order valence-corrected chi connectivity index (χ3v) is 3.56. The predicted molar refractivity (Wildman–Crippen MR) is 76.6 cm³/mol. The standard InChI is InChI=1S/C14H20N2O4/c1-3-8-14(9-4-2,13(17)18)10-6-5-7-11(12(10)15)16(19)20/h5-7H,3-4,8-9,15H2,1-2H3,(H,17,18). The second-order valence-corrected chi connectivity index (χ2v) is 4.88. The number of carboxylic acids is 1. The van der Waals surface area contributed by atoms with Crippen LogP contribution in [0.2, 0.25) is 0 Å². The molecule has 0 bridgehead atoms. The topological polar surface area (TPSA) is 106 Å². The molecule has 110 valence electrons. The maximum atomic E-state index is 11.8. The van der Waals surface area contributed by atoms with Crippen molar-refractivity contribution in [3.63, 3.8) is 0 Å². The zero-order valence-corrected chi connectivity index (χ0v) is 11.8. The van der Waals surface area contributed by atoms with Gasteiger partial charge in [-0.2, -0.15) is 0 Å². The van der Waals surface area contributed by atoms with Gasteiger partial charge in [0.15, 0.2) is 0 Å². The number of hydrogen-bond donors (Lipinski definition) is 2. The number of hydrogen-bond acceptors (Lipinski definition) is 4. The minimum absolute atomic E-state index is 0.0400. The number of rotatable bonds is 7. The van der Waals surface area contributed by atoms with E-state index in [-0.39, 0.29) is 11.4 Å². The summed E-state index contributed by atoms with van der Waals surface area (Å²) in [5.41, 5.74) is 4.78. The van der Waals surface area contributed by atoms with E-state index in [1.54, 1.807) is 6.07 Å². The highest BCUT2D eigenvalue weighted by Gasteiger charge is 2.41. The van der Waals surface area contributed by atoms with Gasteiger partial charge in [0, 0.05) is 6.07 Å². The lowest BCUT2D eigenvalue weighted by molar-refractivity contribution is -0.384. The summed E-state index contributed by atoms with van der Waals surface area (Å²) >= 11 is 0. The lowest BCUT2D eigenvalue weighted by Crippen LogP contribution is -2.36. The highest BCUT2D eigenvalue weighted by atomic mass is 16.6. The highest BCUT2D eigenvalue weighted by Crippen LogP contribution is 2.40. The van der Waals surface area contributed by atoms with E-state index in [9.17, 15) is 20.0 Å². The number of nitrogen functional groups attached to an aromatic ring is 1. The first-order chi connectivity index (χ1) is 9.40. The molecule has 1 aromatic carbocycles. The van der Waals surface area contributed by atoms with Crippen LogP contribution < -0.4 is 5.73 Å². The van der Waals surface area contributed by atoms with Crippen molar-refractivity contribution in [2.45, 2.75) is 44.9 Å². The summed E-state index contributed by atoms with van der Waals surface area (Å²) in [4.78, 5) is 22.2. The average molecular weight is 280 g/mol. The monoisotopic (exact) mass is 280 g/mol. The number of carbonyl (C=O) groups is 1. The molecule has 0 heterocycles. The Balaban J connectivity index is 3.52. The fourth-order valence-electron chi connectivity index (χ4n) is 2.71. The minimum Gasteiger partial charge on any atom is -0.481 e.